The lowest BCUT2D eigenvalue weighted by Crippen LogP contribution is -2.20. The summed E-state index contributed by atoms with van der Waals surface area (Å²) in [5.74, 6) is 2.13. The van der Waals surface area contributed by atoms with Crippen LogP contribution in [-0.2, 0) is 0 Å². The molecule has 1 aliphatic carbocycles. The standard InChI is InChI=1S/C11H23O2P/c1-9(2)11-6-4-10(5-7-11)8-14(3,12)13/h9-13H,3-8H2,1-2H3. The predicted octanol–water partition coefficient (Wildman–Crippen LogP) is 2.71. The summed E-state index contributed by atoms with van der Waals surface area (Å²) in [4.78, 5) is 18.6. The Morgan fingerprint density at radius 2 is 1.71 bits per heavy atom. The van der Waals surface area contributed by atoms with Gasteiger partial charge in [0.2, 0.25) is 0 Å². The highest BCUT2D eigenvalue weighted by Gasteiger charge is 2.25. The quantitative estimate of drug-likeness (QED) is 0.715. The first-order valence-electron chi connectivity index (χ1n) is 5.56. The molecule has 0 unspecified atom stereocenters. The molecular formula is C11H23O2P. The molecule has 1 fully saturated rings. The second-order valence-electron chi connectivity index (χ2n) is 5.09. The van der Waals surface area contributed by atoms with Gasteiger partial charge in [-0.25, -0.2) is 0 Å². The fraction of sp³-hybridized carbons (Fsp3) is 0.909. The number of hydrogen-bond donors (Lipinski definition) is 2. The Hall–Kier alpha value is 0.220. The van der Waals surface area contributed by atoms with Gasteiger partial charge in [-0.1, -0.05) is 20.1 Å². The lowest BCUT2D eigenvalue weighted by atomic mass is 9.77. The van der Waals surface area contributed by atoms with Gasteiger partial charge < -0.3 is 9.79 Å². The van der Waals surface area contributed by atoms with Crippen LogP contribution in [-0.4, -0.2) is 22.2 Å². The van der Waals surface area contributed by atoms with Crippen molar-refractivity contribution in [2.24, 2.45) is 17.8 Å². The van der Waals surface area contributed by atoms with Crippen LogP contribution in [0.1, 0.15) is 39.5 Å². The molecule has 14 heavy (non-hydrogen) atoms. The summed E-state index contributed by atoms with van der Waals surface area (Å²) in [5, 5.41) is 0. The Morgan fingerprint density at radius 3 is 2.07 bits per heavy atom. The minimum Gasteiger partial charge on any atom is -0.353 e. The van der Waals surface area contributed by atoms with Crippen LogP contribution in [0, 0.1) is 17.8 Å². The molecule has 0 spiro atoms. The highest BCUT2D eigenvalue weighted by atomic mass is 31.2. The summed E-state index contributed by atoms with van der Waals surface area (Å²) in [6.45, 7) is 4.56. The molecule has 2 N–H and O–H groups in total. The molecule has 0 saturated heterocycles. The second-order valence-corrected chi connectivity index (χ2v) is 7.21. The molecule has 3 heteroatoms. The number of rotatable bonds is 3. The summed E-state index contributed by atoms with van der Waals surface area (Å²) >= 11 is 0. The van der Waals surface area contributed by atoms with Crippen molar-refractivity contribution in [3.8, 4) is 0 Å². The van der Waals surface area contributed by atoms with Crippen molar-refractivity contribution < 1.29 is 9.79 Å². The fourth-order valence-corrected chi connectivity index (χ4v) is 3.64. The average Bonchev–Trinajstić information content (AvgIpc) is 2.02. The van der Waals surface area contributed by atoms with Crippen molar-refractivity contribution in [3.05, 3.63) is 0 Å². The van der Waals surface area contributed by atoms with E-state index in [0.29, 0.717) is 12.1 Å². The topological polar surface area (TPSA) is 40.5 Å². The van der Waals surface area contributed by atoms with E-state index in [-0.39, 0.29) is 0 Å². The van der Waals surface area contributed by atoms with Gasteiger partial charge in [0.15, 0.2) is 0 Å². The molecule has 2 nitrogen and oxygen atoms in total. The van der Waals surface area contributed by atoms with Gasteiger partial charge >= 0.3 is 0 Å². The molecule has 0 heterocycles. The van der Waals surface area contributed by atoms with E-state index in [0.717, 1.165) is 24.7 Å². The van der Waals surface area contributed by atoms with Crippen molar-refractivity contribution in [1.82, 2.24) is 0 Å². The SMILES string of the molecule is C=P(O)(O)CC1CCC(C(C)C)CC1. The third kappa shape index (κ3) is 4.16. The maximum Gasteiger partial charge on any atom is 0.112 e. The lowest BCUT2D eigenvalue weighted by molar-refractivity contribution is 0.233. The van der Waals surface area contributed by atoms with Crippen molar-refractivity contribution in [1.29, 1.82) is 0 Å². The largest absolute Gasteiger partial charge is 0.353 e. The maximum absolute atomic E-state index is 9.30. The van der Waals surface area contributed by atoms with Gasteiger partial charge in [-0.15, -0.1) is 0 Å². The van der Waals surface area contributed by atoms with Crippen molar-refractivity contribution in [3.63, 3.8) is 0 Å². The van der Waals surface area contributed by atoms with Crippen LogP contribution in [0.5, 0.6) is 0 Å². The minimum atomic E-state index is -2.78. The summed E-state index contributed by atoms with van der Waals surface area (Å²) in [6.07, 6.45) is 8.79. The van der Waals surface area contributed by atoms with E-state index in [9.17, 15) is 9.79 Å². The van der Waals surface area contributed by atoms with Gasteiger partial charge in [-0.3, -0.25) is 0 Å². The van der Waals surface area contributed by atoms with Gasteiger partial charge in [0.25, 0.3) is 0 Å². The van der Waals surface area contributed by atoms with Crippen molar-refractivity contribution in [2.45, 2.75) is 39.5 Å². The fourth-order valence-electron chi connectivity index (χ4n) is 2.45. The first kappa shape index (κ1) is 12.3. The van der Waals surface area contributed by atoms with Gasteiger partial charge in [0, 0.05) is 6.16 Å². The minimum absolute atomic E-state index is 0.505. The summed E-state index contributed by atoms with van der Waals surface area (Å²) < 4.78 is 0. The second kappa shape index (κ2) is 4.83. The van der Waals surface area contributed by atoms with Gasteiger partial charge in [-0.05, 0) is 43.4 Å². The normalized spacial score (nSPS) is 29.5. The summed E-state index contributed by atoms with van der Waals surface area (Å²) in [6, 6.07) is 0. The summed E-state index contributed by atoms with van der Waals surface area (Å²) in [7, 11) is -2.78. The Morgan fingerprint density at radius 1 is 1.21 bits per heavy atom. The van der Waals surface area contributed by atoms with E-state index in [1.54, 1.807) is 0 Å². The zero-order valence-corrected chi connectivity index (χ0v) is 10.2. The molecule has 1 aliphatic rings. The maximum atomic E-state index is 9.30. The smallest absolute Gasteiger partial charge is 0.112 e. The molecule has 0 aromatic rings. The molecule has 0 aromatic carbocycles. The highest BCUT2D eigenvalue weighted by molar-refractivity contribution is 7.62. The van der Waals surface area contributed by atoms with Crippen molar-refractivity contribution in [2.75, 3.05) is 6.16 Å². The van der Waals surface area contributed by atoms with Crippen molar-refractivity contribution >= 4 is 13.6 Å². The van der Waals surface area contributed by atoms with E-state index in [4.69, 9.17) is 0 Å². The molecule has 1 saturated carbocycles. The van der Waals surface area contributed by atoms with Gasteiger partial charge in [0.05, 0.1) is 0 Å². The Bertz CT molecular complexity index is 211. The van der Waals surface area contributed by atoms with Crippen LogP contribution in [0.15, 0.2) is 0 Å². The highest BCUT2D eigenvalue weighted by Crippen LogP contribution is 2.42. The molecule has 1 rings (SSSR count). The predicted molar refractivity (Wildman–Crippen MR) is 63.6 cm³/mol. The third-order valence-corrected chi connectivity index (χ3v) is 4.49. The van der Waals surface area contributed by atoms with Crippen LogP contribution >= 0.6 is 7.34 Å². The van der Waals surface area contributed by atoms with Crippen LogP contribution < -0.4 is 0 Å². The number of hydrogen-bond acceptors (Lipinski definition) is 2. The first-order chi connectivity index (χ1) is 6.38. The molecule has 0 amide bonds. The first-order valence-corrected chi connectivity index (χ1v) is 7.63. The lowest BCUT2D eigenvalue weighted by Gasteiger charge is -2.31. The summed E-state index contributed by atoms with van der Waals surface area (Å²) in [5.41, 5.74) is 0. The van der Waals surface area contributed by atoms with E-state index in [1.807, 2.05) is 0 Å². The molecular weight excluding hydrogens is 195 g/mol. The molecule has 0 bridgehead atoms. The third-order valence-electron chi connectivity index (χ3n) is 3.38. The molecule has 0 aromatic heterocycles. The zero-order chi connectivity index (χ0) is 10.8. The van der Waals surface area contributed by atoms with Crippen LogP contribution in [0.3, 0.4) is 0 Å². The molecule has 0 aliphatic heterocycles. The van der Waals surface area contributed by atoms with Crippen LogP contribution in [0.4, 0.5) is 0 Å². The molecule has 0 radical (unpaired) electrons. The van der Waals surface area contributed by atoms with Gasteiger partial charge in [-0.2, -0.15) is 0 Å². The van der Waals surface area contributed by atoms with E-state index < -0.39 is 7.34 Å². The van der Waals surface area contributed by atoms with E-state index >= 15 is 0 Å². The average molecular weight is 218 g/mol. The molecule has 0 atom stereocenters. The van der Waals surface area contributed by atoms with Crippen LogP contribution in [0.25, 0.3) is 0 Å². The van der Waals surface area contributed by atoms with E-state index in [2.05, 4.69) is 20.1 Å². The Balaban J connectivity index is 2.33. The van der Waals surface area contributed by atoms with Crippen LogP contribution in [0.2, 0.25) is 0 Å². The molecule has 84 valence electrons. The zero-order valence-electron chi connectivity index (χ0n) is 9.32. The Labute approximate surface area is 87.5 Å². The van der Waals surface area contributed by atoms with E-state index in [1.165, 1.54) is 12.8 Å². The van der Waals surface area contributed by atoms with Gasteiger partial charge in [0.1, 0.15) is 7.34 Å². The monoisotopic (exact) mass is 218 g/mol. The Kier molecular flexibility index (Phi) is 4.24.